The number of imidazole rings is 1. The second kappa shape index (κ2) is 9.86. The number of nitrogens with one attached hydrogen (secondary N) is 2. The summed E-state index contributed by atoms with van der Waals surface area (Å²) in [6.07, 6.45) is 2.90. The van der Waals surface area contributed by atoms with E-state index in [4.69, 9.17) is 0 Å². The fourth-order valence-corrected chi connectivity index (χ4v) is 3.51. The van der Waals surface area contributed by atoms with E-state index in [2.05, 4.69) is 62.2 Å². The minimum absolute atomic E-state index is 0. The van der Waals surface area contributed by atoms with Gasteiger partial charge in [-0.2, -0.15) is 0 Å². The maximum absolute atomic E-state index is 4.61. The molecule has 2 aromatic heterocycles. The number of fused-ring (bicyclic) bond motifs is 1. The third-order valence-corrected chi connectivity index (χ3v) is 4.91. The first-order valence-electron chi connectivity index (χ1n) is 8.45. The van der Waals surface area contributed by atoms with E-state index < -0.39 is 0 Å². The van der Waals surface area contributed by atoms with Crippen LogP contribution in [0.2, 0.25) is 0 Å². The number of para-hydroxylation sites is 2. The number of benzene rings is 1. The van der Waals surface area contributed by atoms with Crippen LogP contribution in [-0.4, -0.2) is 34.1 Å². The number of guanidine groups is 1. The van der Waals surface area contributed by atoms with Crippen LogP contribution in [-0.2, 0) is 13.1 Å². The van der Waals surface area contributed by atoms with Gasteiger partial charge >= 0.3 is 0 Å². The van der Waals surface area contributed by atoms with Crippen LogP contribution < -0.4 is 10.6 Å². The molecule has 0 fully saturated rings. The Morgan fingerprint density at radius 2 is 2.04 bits per heavy atom. The lowest BCUT2D eigenvalue weighted by molar-refractivity contribution is 0.624. The minimum Gasteiger partial charge on any atom is -0.356 e. The van der Waals surface area contributed by atoms with Crippen molar-refractivity contribution in [1.29, 1.82) is 0 Å². The second-order valence-electron chi connectivity index (χ2n) is 5.87. The van der Waals surface area contributed by atoms with E-state index in [0.29, 0.717) is 6.54 Å². The van der Waals surface area contributed by atoms with Gasteiger partial charge in [-0.1, -0.05) is 12.1 Å². The van der Waals surface area contributed by atoms with Gasteiger partial charge in [-0.25, -0.2) is 9.97 Å². The first-order chi connectivity index (χ1) is 12.2. The van der Waals surface area contributed by atoms with E-state index in [-0.39, 0.29) is 24.0 Å². The van der Waals surface area contributed by atoms with Crippen molar-refractivity contribution < 1.29 is 0 Å². The second-order valence-corrected chi connectivity index (χ2v) is 7.19. The lowest BCUT2D eigenvalue weighted by atomic mass is 10.3. The van der Waals surface area contributed by atoms with E-state index >= 15 is 0 Å². The Morgan fingerprint density at radius 1 is 1.23 bits per heavy atom. The maximum atomic E-state index is 4.61. The quantitative estimate of drug-likeness (QED) is 0.243. The van der Waals surface area contributed by atoms with Gasteiger partial charge in [-0.05, 0) is 32.4 Å². The molecule has 0 unspecified atom stereocenters. The van der Waals surface area contributed by atoms with Gasteiger partial charge in [0.2, 0.25) is 0 Å². The third kappa shape index (κ3) is 5.16. The molecule has 0 aliphatic rings. The standard InChI is InChI=1S/C18H24N6S.HI/c1-13-11-21-17(25-13)12-22-18(19-3)20-9-6-10-24-14(2)23-15-7-4-5-8-16(15)24;/h4-5,7-8,11H,6,9-10,12H2,1-3H3,(H2,19,20,22);1H. The van der Waals surface area contributed by atoms with Crippen LogP contribution in [0, 0.1) is 13.8 Å². The van der Waals surface area contributed by atoms with Crippen molar-refractivity contribution in [1.82, 2.24) is 25.2 Å². The number of halogens is 1. The molecule has 0 atom stereocenters. The fraction of sp³-hybridized carbons (Fsp3) is 0.389. The molecule has 3 aromatic rings. The third-order valence-electron chi connectivity index (χ3n) is 4.00. The van der Waals surface area contributed by atoms with E-state index in [1.807, 2.05) is 12.3 Å². The molecule has 0 saturated carbocycles. The van der Waals surface area contributed by atoms with Gasteiger partial charge < -0.3 is 15.2 Å². The Morgan fingerprint density at radius 3 is 2.77 bits per heavy atom. The van der Waals surface area contributed by atoms with Gasteiger partial charge in [0.1, 0.15) is 10.8 Å². The largest absolute Gasteiger partial charge is 0.356 e. The first kappa shape index (κ1) is 20.6. The molecule has 2 heterocycles. The van der Waals surface area contributed by atoms with Crippen LogP contribution in [0.5, 0.6) is 0 Å². The molecule has 0 spiro atoms. The molecule has 0 aliphatic carbocycles. The zero-order valence-corrected chi connectivity index (χ0v) is 18.5. The summed E-state index contributed by atoms with van der Waals surface area (Å²) in [4.78, 5) is 14.5. The zero-order chi connectivity index (χ0) is 17.6. The SMILES string of the molecule is CN=C(NCCCn1c(C)nc2ccccc21)NCc1ncc(C)s1.I. The van der Waals surface area contributed by atoms with E-state index in [9.17, 15) is 0 Å². The van der Waals surface area contributed by atoms with E-state index in [1.165, 1.54) is 10.4 Å². The number of hydrogen-bond donors (Lipinski definition) is 2. The van der Waals surface area contributed by atoms with Gasteiger partial charge in [0.05, 0.1) is 17.6 Å². The number of hydrogen-bond acceptors (Lipinski definition) is 4. The van der Waals surface area contributed by atoms with Gasteiger partial charge in [-0.3, -0.25) is 4.99 Å². The number of aryl methyl sites for hydroxylation is 3. The van der Waals surface area contributed by atoms with Gasteiger partial charge in [0, 0.05) is 31.2 Å². The van der Waals surface area contributed by atoms with E-state index in [1.54, 1.807) is 18.4 Å². The number of thiazole rings is 1. The summed E-state index contributed by atoms with van der Waals surface area (Å²) in [6, 6.07) is 8.27. The molecule has 0 radical (unpaired) electrons. The lowest BCUT2D eigenvalue weighted by Crippen LogP contribution is -2.37. The summed E-state index contributed by atoms with van der Waals surface area (Å²) in [7, 11) is 1.79. The van der Waals surface area contributed by atoms with Crippen LogP contribution in [0.25, 0.3) is 11.0 Å². The molecule has 2 N–H and O–H groups in total. The number of nitrogens with zero attached hydrogens (tertiary/aromatic N) is 4. The Kier molecular flexibility index (Phi) is 7.83. The summed E-state index contributed by atoms with van der Waals surface area (Å²) in [5, 5.41) is 7.73. The summed E-state index contributed by atoms with van der Waals surface area (Å²) in [5.74, 6) is 1.86. The highest BCUT2D eigenvalue weighted by Crippen LogP contribution is 2.15. The van der Waals surface area contributed by atoms with Crippen molar-refractivity contribution in [2.24, 2.45) is 4.99 Å². The van der Waals surface area contributed by atoms with Crippen molar-refractivity contribution in [3.05, 3.63) is 46.2 Å². The van der Waals surface area contributed by atoms with Gasteiger partial charge in [-0.15, -0.1) is 35.3 Å². The molecule has 0 bridgehead atoms. The predicted molar refractivity (Wildman–Crippen MR) is 120 cm³/mol. The predicted octanol–water partition coefficient (Wildman–Crippen LogP) is 3.48. The Labute approximate surface area is 175 Å². The molecule has 26 heavy (non-hydrogen) atoms. The normalized spacial score (nSPS) is 11.4. The van der Waals surface area contributed by atoms with Crippen molar-refractivity contribution in [3.8, 4) is 0 Å². The topological polar surface area (TPSA) is 67.1 Å². The fourth-order valence-electron chi connectivity index (χ4n) is 2.79. The monoisotopic (exact) mass is 484 g/mol. The molecular weight excluding hydrogens is 459 g/mol. The van der Waals surface area contributed by atoms with Crippen LogP contribution in [0.3, 0.4) is 0 Å². The summed E-state index contributed by atoms with van der Waals surface area (Å²) < 4.78 is 2.27. The van der Waals surface area contributed by atoms with Crippen LogP contribution >= 0.6 is 35.3 Å². The van der Waals surface area contributed by atoms with Crippen molar-refractivity contribution in [2.75, 3.05) is 13.6 Å². The summed E-state index contributed by atoms with van der Waals surface area (Å²) in [5.41, 5.74) is 2.26. The molecule has 0 saturated heterocycles. The van der Waals surface area contributed by atoms with Crippen LogP contribution in [0.4, 0.5) is 0 Å². The first-order valence-corrected chi connectivity index (χ1v) is 9.26. The molecule has 0 amide bonds. The van der Waals surface area contributed by atoms with E-state index in [0.717, 1.165) is 41.8 Å². The molecule has 8 heteroatoms. The summed E-state index contributed by atoms with van der Waals surface area (Å²) >= 11 is 1.70. The van der Waals surface area contributed by atoms with Crippen molar-refractivity contribution >= 4 is 52.3 Å². The highest BCUT2D eigenvalue weighted by atomic mass is 127. The Balaban J connectivity index is 0.00000243. The molecule has 6 nitrogen and oxygen atoms in total. The molecular formula is C18H25IN6S. The van der Waals surface area contributed by atoms with Crippen LogP contribution in [0.1, 0.15) is 22.1 Å². The highest BCUT2D eigenvalue weighted by Gasteiger charge is 2.06. The van der Waals surface area contributed by atoms with Crippen molar-refractivity contribution in [3.63, 3.8) is 0 Å². The zero-order valence-electron chi connectivity index (χ0n) is 15.3. The van der Waals surface area contributed by atoms with Crippen molar-refractivity contribution in [2.45, 2.75) is 33.4 Å². The van der Waals surface area contributed by atoms with Crippen LogP contribution in [0.15, 0.2) is 35.5 Å². The molecule has 1 aromatic carbocycles. The highest BCUT2D eigenvalue weighted by molar-refractivity contribution is 14.0. The van der Waals surface area contributed by atoms with Gasteiger partial charge in [0.15, 0.2) is 5.96 Å². The van der Waals surface area contributed by atoms with Gasteiger partial charge in [0.25, 0.3) is 0 Å². The summed E-state index contributed by atoms with van der Waals surface area (Å²) in [6.45, 7) is 6.61. The average molecular weight is 484 g/mol. The maximum Gasteiger partial charge on any atom is 0.191 e. The Bertz CT molecular complexity index is 870. The lowest BCUT2D eigenvalue weighted by Gasteiger charge is -2.12. The number of aromatic nitrogens is 3. The molecule has 0 aliphatic heterocycles. The molecule has 140 valence electrons. The average Bonchev–Trinajstić information content (AvgIpc) is 3.17. The Hall–Kier alpha value is -1.68. The number of aliphatic imine (C=N–C) groups is 1. The smallest absolute Gasteiger partial charge is 0.191 e. The minimum atomic E-state index is 0. The molecule has 3 rings (SSSR count). The number of rotatable bonds is 6.